The van der Waals surface area contributed by atoms with E-state index in [1.165, 1.54) is 37.3 Å². The lowest BCUT2D eigenvalue weighted by atomic mass is 9.76. The summed E-state index contributed by atoms with van der Waals surface area (Å²) < 4.78 is 0. The first kappa shape index (κ1) is 12.0. The second-order valence-corrected chi connectivity index (χ2v) is 6.21. The highest BCUT2D eigenvalue weighted by atomic mass is 15.1. The van der Waals surface area contributed by atoms with E-state index in [-0.39, 0.29) is 0 Å². The fourth-order valence-electron chi connectivity index (χ4n) is 3.55. The number of anilines is 1. The van der Waals surface area contributed by atoms with Crippen LogP contribution in [0.3, 0.4) is 0 Å². The van der Waals surface area contributed by atoms with Crippen molar-refractivity contribution in [1.29, 1.82) is 0 Å². The molecule has 0 radical (unpaired) electrons. The summed E-state index contributed by atoms with van der Waals surface area (Å²) in [6.07, 6.45) is 1.30. The summed E-state index contributed by atoms with van der Waals surface area (Å²) in [4.78, 5) is 2.44. The van der Waals surface area contributed by atoms with Gasteiger partial charge in [0, 0.05) is 25.8 Å². The Balaban J connectivity index is 2.03. The second-order valence-electron chi connectivity index (χ2n) is 6.21. The van der Waals surface area contributed by atoms with Crippen molar-refractivity contribution >= 4 is 5.69 Å². The molecule has 18 heavy (non-hydrogen) atoms. The summed E-state index contributed by atoms with van der Waals surface area (Å²) in [6.45, 7) is 8.13. The molecule has 2 aliphatic heterocycles. The molecule has 0 amide bonds. The molecule has 1 saturated heterocycles. The zero-order valence-corrected chi connectivity index (χ0v) is 11.7. The molecule has 2 heteroatoms. The molecule has 1 aromatic carbocycles. The minimum atomic E-state index is 0.627. The van der Waals surface area contributed by atoms with Crippen LogP contribution in [-0.2, 0) is 0 Å². The van der Waals surface area contributed by atoms with Crippen molar-refractivity contribution in [3.63, 3.8) is 0 Å². The number of nitrogens with zero attached hydrogens (tertiary/aromatic N) is 1. The van der Waals surface area contributed by atoms with Gasteiger partial charge in [-0.05, 0) is 47.9 Å². The Morgan fingerprint density at radius 2 is 2.17 bits per heavy atom. The monoisotopic (exact) mass is 244 g/mol. The van der Waals surface area contributed by atoms with E-state index in [4.69, 9.17) is 0 Å². The van der Waals surface area contributed by atoms with Gasteiger partial charge in [0.05, 0.1) is 0 Å². The Hall–Kier alpha value is -1.02. The van der Waals surface area contributed by atoms with E-state index in [0.29, 0.717) is 5.92 Å². The highest BCUT2D eigenvalue weighted by Crippen LogP contribution is 2.42. The van der Waals surface area contributed by atoms with E-state index in [1.54, 1.807) is 5.56 Å². The van der Waals surface area contributed by atoms with E-state index in [1.807, 2.05) is 0 Å². The van der Waals surface area contributed by atoms with Gasteiger partial charge < -0.3 is 10.2 Å². The third-order valence-electron chi connectivity index (χ3n) is 4.65. The molecule has 0 spiro atoms. The molecule has 2 nitrogen and oxygen atoms in total. The Morgan fingerprint density at radius 3 is 2.94 bits per heavy atom. The highest BCUT2D eigenvalue weighted by Gasteiger charge is 2.33. The number of piperidine rings is 1. The Labute approximate surface area is 110 Å². The van der Waals surface area contributed by atoms with Crippen LogP contribution in [0.15, 0.2) is 18.2 Å². The van der Waals surface area contributed by atoms with Gasteiger partial charge in [0.25, 0.3) is 0 Å². The first-order valence-corrected chi connectivity index (χ1v) is 7.22. The normalized spacial score (nSPS) is 27.0. The van der Waals surface area contributed by atoms with Crippen LogP contribution in [-0.4, -0.2) is 26.7 Å². The molecule has 3 rings (SSSR count). The molecular weight excluding hydrogens is 220 g/mol. The summed E-state index contributed by atoms with van der Waals surface area (Å²) in [6, 6.07) is 7.11. The zero-order valence-electron chi connectivity index (χ0n) is 11.7. The minimum absolute atomic E-state index is 0.627. The maximum Gasteiger partial charge on any atom is 0.0399 e. The standard InChI is InChI=1S/C16H24N2/c1-11(2)12-4-5-16-15(8-12)14-6-7-17-9-13(14)10-18(16)3/h4-5,8,11,13-14,17H,6-7,9-10H2,1-3H3. The van der Waals surface area contributed by atoms with Crippen molar-refractivity contribution in [3.8, 4) is 0 Å². The number of hydrogen-bond acceptors (Lipinski definition) is 2. The number of benzene rings is 1. The molecule has 0 bridgehead atoms. The van der Waals surface area contributed by atoms with Gasteiger partial charge in [-0.25, -0.2) is 0 Å². The van der Waals surface area contributed by atoms with Gasteiger partial charge in [-0.3, -0.25) is 0 Å². The largest absolute Gasteiger partial charge is 0.374 e. The summed E-state index contributed by atoms with van der Waals surface area (Å²) in [5.41, 5.74) is 4.55. The SMILES string of the molecule is CC(C)c1ccc2c(c1)C1CCNCC1CN2C. The fourth-order valence-corrected chi connectivity index (χ4v) is 3.55. The molecular formula is C16H24N2. The molecule has 2 heterocycles. The topological polar surface area (TPSA) is 15.3 Å². The van der Waals surface area contributed by atoms with Crippen LogP contribution in [0, 0.1) is 5.92 Å². The van der Waals surface area contributed by atoms with Gasteiger partial charge >= 0.3 is 0 Å². The lowest BCUT2D eigenvalue weighted by Gasteiger charge is -2.42. The highest BCUT2D eigenvalue weighted by molar-refractivity contribution is 5.59. The van der Waals surface area contributed by atoms with Gasteiger partial charge in [-0.1, -0.05) is 26.0 Å². The number of fused-ring (bicyclic) bond motifs is 3. The Kier molecular flexibility index (Phi) is 3.06. The molecule has 2 atom stereocenters. The molecule has 2 aliphatic rings. The predicted molar refractivity (Wildman–Crippen MR) is 77.5 cm³/mol. The Morgan fingerprint density at radius 1 is 1.33 bits per heavy atom. The van der Waals surface area contributed by atoms with E-state index in [2.05, 4.69) is 49.3 Å². The lowest BCUT2D eigenvalue weighted by molar-refractivity contribution is 0.318. The summed E-state index contributed by atoms with van der Waals surface area (Å²) in [7, 11) is 2.23. The van der Waals surface area contributed by atoms with Gasteiger partial charge in [0.15, 0.2) is 0 Å². The van der Waals surface area contributed by atoms with Gasteiger partial charge in [0.1, 0.15) is 0 Å². The number of hydrogen-bond donors (Lipinski definition) is 1. The van der Waals surface area contributed by atoms with Crippen LogP contribution in [0.2, 0.25) is 0 Å². The number of nitrogens with one attached hydrogen (secondary N) is 1. The lowest BCUT2D eigenvalue weighted by Crippen LogP contribution is -2.45. The maximum atomic E-state index is 3.55. The molecule has 0 aromatic heterocycles. The van der Waals surface area contributed by atoms with Crippen LogP contribution in [0.4, 0.5) is 5.69 Å². The van der Waals surface area contributed by atoms with E-state index < -0.39 is 0 Å². The third kappa shape index (κ3) is 1.93. The first-order chi connectivity index (χ1) is 8.66. The quantitative estimate of drug-likeness (QED) is 0.817. The molecule has 1 fully saturated rings. The van der Waals surface area contributed by atoms with Crippen LogP contribution in [0.5, 0.6) is 0 Å². The van der Waals surface area contributed by atoms with Crippen LogP contribution in [0.1, 0.15) is 43.2 Å². The molecule has 2 unspecified atom stereocenters. The van der Waals surface area contributed by atoms with Gasteiger partial charge in [-0.2, -0.15) is 0 Å². The second kappa shape index (κ2) is 4.58. The predicted octanol–water partition coefficient (Wildman–Crippen LogP) is 2.95. The van der Waals surface area contributed by atoms with Crippen molar-refractivity contribution in [2.75, 3.05) is 31.6 Å². The van der Waals surface area contributed by atoms with Crippen molar-refractivity contribution in [1.82, 2.24) is 5.32 Å². The molecule has 0 aliphatic carbocycles. The summed E-state index contributed by atoms with van der Waals surface area (Å²) >= 11 is 0. The Bertz CT molecular complexity index is 439. The average molecular weight is 244 g/mol. The van der Waals surface area contributed by atoms with Crippen LogP contribution < -0.4 is 10.2 Å². The maximum absolute atomic E-state index is 3.55. The van der Waals surface area contributed by atoms with E-state index >= 15 is 0 Å². The average Bonchev–Trinajstić information content (AvgIpc) is 2.38. The minimum Gasteiger partial charge on any atom is -0.374 e. The summed E-state index contributed by atoms with van der Waals surface area (Å²) in [5, 5.41) is 3.55. The van der Waals surface area contributed by atoms with E-state index in [0.717, 1.165) is 11.8 Å². The fraction of sp³-hybridized carbons (Fsp3) is 0.625. The molecule has 1 N–H and O–H groups in total. The van der Waals surface area contributed by atoms with Crippen molar-refractivity contribution in [2.24, 2.45) is 5.92 Å². The number of rotatable bonds is 1. The molecule has 0 saturated carbocycles. The zero-order chi connectivity index (χ0) is 12.7. The smallest absolute Gasteiger partial charge is 0.0399 e. The first-order valence-electron chi connectivity index (χ1n) is 7.22. The van der Waals surface area contributed by atoms with Crippen molar-refractivity contribution in [3.05, 3.63) is 29.3 Å². The third-order valence-corrected chi connectivity index (χ3v) is 4.65. The van der Waals surface area contributed by atoms with Crippen LogP contribution >= 0.6 is 0 Å². The summed E-state index contributed by atoms with van der Waals surface area (Å²) in [5.74, 6) is 2.19. The van der Waals surface area contributed by atoms with Crippen LogP contribution in [0.25, 0.3) is 0 Å². The van der Waals surface area contributed by atoms with Crippen molar-refractivity contribution in [2.45, 2.75) is 32.1 Å². The van der Waals surface area contributed by atoms with Gasteiger partial charge in [0.2, 0.25) is 0 Å². The van der Waals surface area contributed by atoms with E-state index in [9.17, 15) is 0 Å². The van der Waals surface area contributed by atoms with Crippen molar-refractivity contribution < 1.29 is 0 Å². The molecule has 98 valence electrons. The molecule has 1 aromatic rings. The van der Waals surface area contributed by atoms with Gasteiger partial charge in [-0.15, -0.1) is 0 Å².